The molecule has 4 N–H and O–H groups in total. The Morgan fingerprint density at radius 1 is 0.679 bits per heavy atom. The van der Waals surface area contributed by atoms with Gasteiger partial charge in [-0.15, -0.1) is 0 Å². The first-order chi connectivity index (χ1) is 27.0. The maximum atomic E-state index is 13.7. The minimum atomic E-state index is -0.748. The number of hydrogen-bond acceptors (Lipinski definition) is 9. The number of alkyl carbamates (subject to hydrolysis) is 2. The molecule has 4 aromatic rings. The Bertz CT molecular complexity index is 1830. The second-order valence-electron chi connectivity index (χ2n) is 14.9. The summed E-state index contributed by atoms with van der Waals surface area (Å²) in [6.07, 6.45) is 4.92. The molecular formula is C41H52N8O7. The average Bonchev–Trinajstić information content (AvgIpc) is 3.93. The number of ether oxygens (including phenoxy) is 3. The van der Waals surface area contributed by atoms with Gasteiger partial charge < -0.3 is 44.6 Å². The third kappa shape index (κ3) is 8.88. The van der Waals surface area contributed by atoms with Crippen molar-refractivity contribution in [2.24, 2.45) is 11.8 Å². The highest BCUT2D eigenvalue weighted by Crippen LogP contribution is 2.33. The summed E-state index contributed by atoms with van der Waals surface area (Å²) in [5.41, 5.74) is 5.65. The van der Waals surface area contributed by atoms with Crippen LogP contribution in [0.15, 0.2) is 60.9 Å². The van der Waals surface area contributed by atoms with Crippen molar-refractivity contribution >= 4 is 24.0 Å². The number of likely N-dealkylation sites (tertiary alicyclic amines) is 1. The molecule has 2 aromatic carbocycles. The molecular weight excluding hydrogens is 716 g/mol. The second kappa shape index (κ2) is 17.8. The number of hydrogen-bond donors (Lipinski definition) is 4. The number of methoxy groups -OCH3 is 2. The number of piperidine rings is 1. The van der Waals surface area contributed by atoms with E-state index in [1.807, 2.05) is 56.9 Å². The Morgan fingerprint density at radius 3 is 1.59 bits per heavy atom. The van der Waals surface area contributed by atoms with E-state index in [1.165, 1.54) is 14.2 Å². The van der Waals surface area contributed by atoms with E-state index < -0.39 is 30.3 Å². The highest BCUT2D eigenvalue weighted by Gasteiger charge is 2.38. The zero-order valence-corrected chi connectivity index (χ0v) is 32.8. The normalized spacial score (nSPS) is 18.4. The Hall–Kier alpha value is -5.70. The summed E-state index contributed by atoms with van der Waals surface area (Å²) in [7, 11) is 2.56. The van der Waals surface area contributed by atoms with Gasteiger partial charge in [0.1, 0.15) is 29.8 Å². The standard InChI is InChI=1S/C41H52N8O7/c1-24(2)34(46-40(52)54-5)38(50)48-18-8-7-9-32(48)36-42-21-30(44-36)28-14-10-26(11-15-28)27-12-16-29(17-13-27)31-22-43-37(45-31)33-23-56-20-19-49(33)39(51)35(25(3)4)47-41(53)55-6/h10-17,21-22,24-25,32-35H,7-9,18-20,23H2,1-6H3,(H,42,44)(H,43,45)(H,46,52)(H,47,53)/t32-,33-,34-,35?/m0/s1. The van der Waals surface area contributed by atoms with Crippen LogP contribution in [0.5, 0.6) is 0 Å². The fraction of sp³-hybridized carbons (Fsp3) is 0.463. The fourth-order valence-corrected chi connectivity index (χ4v) is 7.32. The highest BCUT2D eigenvalue weighted by molar-refractivity contribution is 5.87. The lowest BCUT2D eigenvalue weighted by atomic mass is 9.97. The van der Waals surface area contributed by atoms with Gasteiger partial charge in [-0.3, -0.25) is 9.59 Å². The number of carbonyl (C=O) groups excluding carboxylic acids is 4. The van der Waals surface area contributed by atoms with Crippen LogP contribution in [-0.4, -0.2) is 106 Å². The molecule has 0 aliphatic carbocycles. The molecule has 2 aliphatic heterocycles. The first-order valence-corrected chi connectivity index (χ1v) is 19.2. The van der Waals surface area contributed by atoms with Gasteiger partial charge >= 0.3 is 12.2 Å². The van der Waals surface area contributed by atoms with Crippen molar-refractivity contribution in [2.75, 3.05) is 40.5 Å². The number of amides is 4. The largest absolute Gasteiger partial charge is 0.453 e. The molecule has 4 atom stereocenters. The molecule has 2 aromatic heterocycles. The van der Waals surface area contributed by atoms with Crippen molar-refractivity contribution in [3.8, 4) is 33.6 Å². The molecule has 0 saturated carbocycles. The summed E-state index contributed by atoms with van der Waals surface area (Å²) in [5, 5.41) is 5.38. The molecule has 15 heteroatoms. The number of carbonyl (C=O) groups is 4. The Morgan fingerprint density at radius 2 is 1.12 bits per heavy atom. The number of nitrogens with one attached hydrogen (secondary N) is 4. The summed E-state index contributed by atoms with van der Waals surface area (Å²) in [6, 6.07) is 14.3. The van der Waals surface area contributed by atoms with Crippen molar-refractivity contribution in [3.63, 3.8) is 0 Å². The fourth-order valence-electron chi connectivity index (χ4n) is 7.32. The van der Waals surface area contributed by atoms with Gasteiger partial charge in [0.15, 0.2) is 0 Å². The predicted octanol–water partition coefficient (Wildman–Crippen LogP) is 5.85. The van der Waals surface area contributed by atoms with Crippen molar-refractivity contribution in [3.05, 3.63) is 72.6 Å². The first kappa shape index (κ1) is 40.0. The van der Waals surface area contributed by atoms with Gasteiger partial charge in [-0.25, -0.2) is 19.6 Å². The maximum Gasteiger partial charge on any atom is 0.407 e. The lowest BCUT2D eigenvalue weighted by molar-refractivity contribution is -0.143. The van der Waals surface area contributed by atoms with Crippen LogP contribution in [0.4, 0.5) is 9.59 Å². The first-order valence-electron chi connectivity index (χ1n) is 19.2. The molecule has 15 nitrogen and oxygen atoms in total. The van der Waals surface area contributed by atoms with Gasteiger partial charge in [-0.1, -0.05) is 76.2 Å². The minimum absolute atomic E-state index is 0.112. The van der Waals surface area contributed by atoms with E-state index in [4.69, 9.17) is 19.2 Å². The van der Waals surface area contributed by atoms with Crippen LogP contribution in [0, 0.1) is 11.8 Å². The summed E-state index contributed by atoms with van der Waals surface area (Å²) in [5.74, 6) is 0.715. The number of imidazole rings is 2. The minimum Gasteiger partial charge on any atom is -0.453 e. The summed E-state index contributed by atoms with van der Waals surface area (Å²) >= 11 is 0. The number of benzene rings is 2. The van der Waals surface area contributed by atoms with Gasteiger partial charge in [-0.2, -0.15) is 0 Å². The van der Waals surface area contributed by atoms with E-state index in [1.54, 1.807) is 17.3 Å². The Kier molecular flexibility index (Phi) is 12.7. The van der Waals surface area contributed by atoms with Gasteiger partial charge in [0, 0.05) is 13.1 Å². The van der Waals surface area contributed by atoms with E-state index >= 15 is 0 Å². The van der Waals surface area contributed by atoms with Crippen LogP contribution in [0.25, 0.3) is 33.6 Å². The van der Waals surface area contributed by atoms with Gasteiger partial charge in [0.25, 0.3) is 0 Å². The molecule has 0 spiro atoms. The van der Waals surface area contributed by atoms with Crippen molar-refractivity contribution in [2.45, 2.75) is 71.1 Å². The average molecular weight is 769 g/mol. The van der Waals surface area contributed by atoms with Gasteiger partial charge in [0.2, 0.25) is 11.8 Å². The van der Waals surface area contributed by atoms with Crippen molar-refractivity contribution in [1.82, 2.24) is 40.4 Å². The number of aromatic amines is 2. The molecule has 0 bridgehead atoms. The smallest absolute Gasteiger partial charge is 0.407 e. The summed E-state index contributed by atoms with van der Waals surface area (Å²) in [6.45, 7) is 9.20. The van der Waals surface area contributed by atoms with Gasteiger partial charge in [-0.05, 0) is 53.4 Å². The lowest BCUT2D eigenvalue weighted by Gasteiger charge is -2.37. The Balaban J connectivity index is 1.12. The Labute approximate surface area is 326 Å². The molecule has 6 rings (SSSR count). The lowest BCUT2D eigenvalue weighted by Crippen LogP contribution is -2.54. The number of H-pyrrole nitrogens is 2. The number of rotatable bonds is 11. The zero-order chi connectivity index (χ0) is 39.9. The van der Waals surface area contributed by atoms with Crippen LogP contribution >= 0.6 is 0 Å². The highest BCUT2D eigenvalue weighted by atomic mass is 16.5. The van der Waals surface area contributed by atoms with Crippen LogP contribution in [0.3, 0.4) is 0 Å². The summed E-state index contributed by atoms with van der Waals surface area (Å²) in [4.78, 5) is 71.0. The molecule has 2 fully saturated rings. The third-order valence-electron chi connectivity index (χ3n) is 10.5. The quantitative estimate of drug-likeness (QED) is 0.145. The van der Waals surface area contributed by atoms with E-state index in [-0.39, 0.29) is 36.3 Å². The number of nitrogens with zero attached hydrogens (tertiary/aromatic N) is 4. The topological polar surface area (TPSA) is 184 Å². The van der Waals surface area contributed by atoms with Crippen molar-refractivity contribution in [1.29, 1.82) is 0 Å². The van der Waals surface area contributed by atoms with Gasteiger partial charge in [0.05, 0.1) is 57.3 Å². The number of aromatic nitrogens is 4. The van der Waals surface area contributed by atoms with Crippen LogP contribution in [0.1, 0.15) is 70.7 Å². The number of morpholine rings is 1. The van der Waals surface area contributed by atoms with E-state index in [9.17, 15) is 19.2 Å². The molecule has 2 saturated heterocycles. The zero-order valence-electron chi connectivity index (χ0n) is 32.8. The van der Waals surface area contributed by atoms with E-state index in [2.05, 4.69) is 49.9 Å². The molecule has 2 aliphatic rings. The van der Waals surface area contributed by atoms with E-state index in [0.29, 0.717) is 25.5 Å². The second-order valence-corrected chi connectivity index (χ2v) is 14.9. The van der Waals surface area contributed by atoms with Crippen LogP contribution in [-0.2, 0) is 23.8 Å². The molecule has 56 heavy (non-hydrogen) atoms. The maximum absolute atomic E-state index is 13.7. The summed E-state index contributed by atoms with van der Waals surface area (Å²) < 4.78 is 15.3. The van der Waals surface area contributed by atoms with Crippen LogP contribution in [0.2, 0.25) is 0 Å². The van der Waals surface area contributed by atoms with E-state index in [0.717, 1.165) is 58.7 Å². The SMILES string of the molecule is COC(=O)NC(C(=O)N1CCOC[C@H]1c1ncc(-c2ccc(-c3ccc(-c4cnc([C@@H]5CCCCN5C(=O)[C@@H](NC(=O)OC)C(C)C)[nH]4)cc3)cc2)[nH]1)C(C)C. The monoisotopic (exact) mass is 768 g/mol. The molecule has 1 unspecified atom stereocenters. The predicted molar refractivity (Wildman–Crippen MR) is 209 cm³/mol. The molecule has 298 valence electrons. The van der Waals surface area contributed by atoms with Crippen molar-refractivity contribution < 1.29 is 33.4 Å². The molecule has 4 heterocycles. The third-order valence-corrected chi connectivity index (χ3v) is 10.5. The molecule has 4 amide bonds. The molecule has 0 radical (unpaired) electrons. The van der Waals surface area contributed by atoms with Crippen LogP contribution < -0.4 is 10.6 Å².